The first kappa shape index (κ1) is 22.5. The van der Waals surface area contributed by atoms with Gasteiger partial charge >= 0.3 is 0 Å². The van der Waals surface area contributed by atoms with Gasteiger partial charge in [0.2, 0.25) is 5.91 Å². The van der Waals surface area contributed by atoms with Gasteiger partial charge in [0.25, 0.3) is 0 Å². The van der Waals surface area contributed by atoms with E-state index in [0.717, 1.165) is 53.9 Å². The number of nitrogens with one attached hydrogen (secondary N) is 2. The first-order valence-electron chi connectivity index (χ1n) is 11.7. The second-order valence-electron chi connectivity index (χ2n) is 8.58. The van der Waals surface area contributed by atoms with Gasteiger partial charge in [0.05, 0.1) is 18.2 Å². The molecule has 5 rings (SSSR count). The Hall–Kier alpha value is -3.27. The van der Waals surface area contributed by atoms with Crippen LogP contribution in [-0.2, 0) is 4.79 Å². The van der Waals surface area contributed by atoms with Crippen molar-refractivity contribution in [2.45, 2.75) is 36.7 Å². The van der Waals surface area contributed by atoms with Crippen LogP contribution in [0.15, 0.2) is 46.5 Å². The number of rotatable bonds is 8. The van der Waals surface area contributed by atoms with Crippen molar-refractivity contribution < 1.29 is 9.53 Å². The molecule has 0 spiro atoms. The van der Waals surface area contributed by atoms with Gasteiger partial charge < -0.3 is 19.9 Å². The van der Waals surface area contributed by atoms with Gasteiger partial charge in [-0.05, 0) is 62.7 Å². The number of hydrogen-bond donors (Lipinski definition) is 2. The van der Waals surface area contributed by atoms with Crippen LogP contribution in [0.2, 0.25) is 0 Å². The summed E-state index contributed by atoms with van der Waals surface area (Å²) in [7, 11) is 0. The number of hydrogen-bond acceptors (Lipinski definition) is 8. The Kier molecular flexibility index (Phi) is 6.57. The van der Waals surface area contributed by atoms with Crippen molar-refractivity contribution in [3.8, 4) is 5.75 Å². The molecule has 10 heteroatoms. The van der Waals surface area contributed by atoms with E-state index in [1.807, 2.05) is 55.1 Å². The lowest BCUT2D eigenvalue weighted by atomic mass is 9.98. The number of ether oxygens (including phenoxy) is 1. The third-order valence-corrected chi connectivity index (χ3v) is 6.85. The van der Waals surface area contributed by atoms with Gasteiger partial charge in [0.1, 0.15) is 23.2 Å². The summed E-state index contributed by atoms with van der Waals surface area (Å²) in [5, 5.41) is 11.1. The summed E-state index contributed by atoms with van der Waals surface area (Å²) in [4.78, 5) is 27.4. The number of nitrogens with zero attached hydrogens (tertiary/aromatic N) is 5. The maximum atomic E-state index is 12.7. The minimum atomic E-state index is 0.0435. The number of aromatic nitrogens is 4. The van der Waals surface area contributed by atoms with Crippen LogP contribution in [0.5, 0.6) is 5.75 Å². The minimum absolute atomic E-state index is 0.0435. The molecule has 2 N–H and O–H groups in total. The molecule has 34 heavy (non-hydrogen) atoms. The quantitative estimate of drug-likeness (QED) is 0.470. The largest absolute Gasteiger partial charge is 0.494 e. The highest BCUT2D eigenvalue weighted by Gasteiger charge is 2.37. The summed E-state index contributed by atoms with van der Waals surface area (Å²) in [6, 6.07) is 11.8. The third-order valence-electron chi connectivity index (χ3n) is 5.98. The van der Waals surface area contributed by atoms with Crippen molar-refractivity contribution in [1.29, 1.82) is 0 Å². The van der Waals surface area contributed by atoms with Crippen LogP contribution in [-0.4, -0.2) is 63.8 Å². The first-order valence-corrected chi connectivity index (χ1v) is 12.5. The molecule has 0 bridgehead atoms. The number of carbonyl (C=O) groups is 1. The molecule has 2 aliphatic heterocycles. The highest BCUT2D eigenvalue weighted by Crippen LogP contribution is 2.32. The average Bonchev–Trinajstić information content (AvgIpc) is 3.46. The number of amides is 1. The summed E-state index contributed by atoms with van der Waals surface area (Å²) >= 11 is 1.49. The Balaban J connectivity index is 1.33. The van der Waals surface area contributed by atoms with E-state index in [-0.39, 0.29) is 11.8 Å². The van der Waals surface area contributed by atoms with E-state index in [9.17, 15) is 4.79 Å². The fraction of sp³-hybridized carbons (Fsp3) is 0.417. The van der Waals surface area contributed by atoms with Crippen LogP contribution in [0.4, 0.5) is 17.5 Å². The molecule has 2 aromatic heterocycles. The van der Waals surface area contributed by atoms with Crippen molar-refractivity contribution in [1.82, 2.24) is 25.1 Å². The molecule has 0 radical (unpaired) electrons. The van der Waals surface area contributed by atoms with Crippen LogP contribution in [0, 0.1) is 12.8 Å². The van der Waals surface area contributed by atoms with Crippen molar-refractivity contribution >= 4 is 35.1 Å². The van der Waals surface area contributed by atoms with Crippen molar-refractivity contribution in [2.75, 3.05) is 43.0 Å². The van der Waals surface area contributed by atoms with E-state index in [1.54, 1.807) is 0 Å². The number of aryl methyl sites for hydroxylation is 1. The summed E-state index contributed by atoms with van der Waals surface area (Å²) in [6.07, 6.45) is 2.23. The highest BCUT2D eigenvalue weighted by atomic mass is 32.2. The maximum absolute atomic E-state index is 12.7. The SMILES string of the molecule is CCOc1ccc(Sc2nc(Nc3cc(C)n[nH]3)cc(N3CC(C(=O)N4CCCC4)C3)n2)cc1. The molecule has 0 saturated carbocycles. The standard InChI is InChI=1S/C24H29N7O2S/c1-3-33-18-6-8-19(9-7-18)34-24-26-20(25-21-12-16(2)28-29-21)13-22(27-24)31-14-17(15-31)23(32)30-10-4-5-11-30/h6-9,12-13,17H,3-5,10-11,14-15H2,1-2H3,(H2,25,26,27,28,29). The van der Waals surface area contributed by atoms with E-state index in [1.165, 1.54) is 11.8 Å². The zero-order valence-corrected chi connectivity index (χ0v) is 20.3. The summed E-state index contributed by atoms with van der Waals surface area (Å²) in [6.45, 7) is 7.68. The first-order chi connectivity index (χ1) is 16.6. The third kappa shape index (κ3) is 5.11. The molecule has 2 fully saturated rings. The highest BCUT2D eigenvalue weighted by molar-refractivity contribution is 7.99. The minimum Gasteiger partial charge on any atom is -0.494 e. The average molecular weight is 480 g/mol. The molecule has 1 amide bonds. The van der Waals surface area contributed by atoms with Gasteiger partial charge in [-0.25, -0.2) is 9.97 Å². The fourth-order valence-corrected chi connectivity index (χ4v) is 4.97. The molecule has 4 heterocycles. The molecule has 178 valence electrons. The number of benzene rings is 1. The van der Waals surface area contributed by atoms with Crippen LogP contribution in [0.3, 0.4) is 0 Å². The summed E-state index contributed by atoms with van der Waals surface area (Å²) in [5.41, 5.74) is 0.895. The second kappa shape index (κ2) is 9.92. The molecule has 1 aromatic carbocycles. The zero-order chi connectivity index (χ0) is 23.5. The van der Waals surface area contributed by atoms with Gasteiger partial charge in [-0.2, -0.15) is 5.10 Å². The van der Waals surface area contributed by atoms with Crippen LogP contribution in [0.1, 0.15) is 25.5 Å². The Morgan fingerprint density at radius 2 is 1.94 bits per heavy atom. The molecule has 0 aliphatic carbocycles. The van der Waals surface area contributed by atoms with E-state index < -0.39 is 0 Å². The fourth-order valence-electron chi connectivity index (χ4n) is 4.20. The van der Waals surface area contributed by atoms with Crippen molar-refractivity contribution in [2.24, 2.45) is 5.92 Å². The van der Waals surface area contributed by atoms with E-state index in [4.69, 9.17) is 14.7 Å². The number of likely N-dealkylation sites (tertiary alicyclic amines) is 1. The normalized spacial score (nSPS) is 15.9. The van der Waals surface area contributed by atoms with Crippen LogP contribution < -0.4 is 15.0 Å². The van der Waals surface area contributed by atoms with Gasteiger partial charge in [-0.3, -0.25) is 9.89 Å². The molecule has 3 aromatic rings. The Labute approximate surface area is 203 Å². The number of carbonyl (C=O) groups excluding carboxylic acids is 1. The topological polar surface area (TPSA) is 99.3 Å². The van der Waals surface area contributed by atoms with Crippen molar-refractivity contribution in [3.63, 3.8) is 0 Å². The number of anilines is 3. The molecule has 0 unspecified atom stereocenters. The Morgan fingerprint density at radius 3 is 2.62 bits per heavy atom. The summed E-state index contributed by atoms with van der Waals surface area (Å²) in [5.74, 6) is 3.42. The lowest BCUT2D eigenvalue weighted by Gasteiger charge is -2.40. The summed E-state index contributed by atoms with van der Waals surface area (Å²) < 4.78 is 5.54. The molecular formula is C24H29N7O2S. The van der Waals surface area contributed by atoms with E-state index >= 15 is 0 Å². The van der Waals surface area contributed by atoms with Crippen LogP contribution in [0.25, 0.3) is 0 Å². The monoisotopic (exact) mass is 479 g/mol. The Morgan fingerprint density at radius 1 is 1.18 bits per heavy atom. The van der Waals surface area contributed by atoms with Gasteiger partial charge in [0.15, 0.2) is 5.16 Å². The molecule has 0 atom stereocenters. The van der Waals surface area contributed by atoms with Crippen LogP contribution >= 0.6 is 11.8 Å². The second-order valence-corrected chi connectivity index (χ2v) is 9.62. The smallest absolute Gasteiger partial charge is 0.229 e. The Bertz CT molecular complexity index is 1140. The maximum Gasteiger partial charge on any atom is 0.229 e. The predicted octanol–water partition coefficient (Wildman–Crippen LogP) is 3.86. The van der Waals surface area contributed by atoms with E-state index in [2.05, 4.69) is 20.4 Å². The van der Waals surface area contributed by atoms with Gasteiger partial charge in [-0.1, -0.05) is 0 Å². The van der Waals surface area contributed by atoms with Crippen molar-refractivity contribution in [3.05, 3.63) is 42.1 Å². The molecule has 9 nitrogen and oxygen atoms in total. The lowest BCUT2D eigenvalue weighted by Crippen LogP contribution is -2.54. The number of aromatic amines is 1. The predicted molar refractivity (Wildman–Crippen MR) is 132 cm³/mol. The molecular weight excluding hydrogens is 450 g/mol. The number of H-pyrrole nitrogens is 1. The zero-order valence-electron chi connectivity index (χ0n) is 19.5. The molecule has 2 aliphatic rings. The van der Waals surface area contributed by atoms with Gasteiger partial charge in [0, 0.05) is 43.2 Å². The molecule has 2 saturated heterocycles. The van der Waals surface area contributed by atoms with E-state index in [0.29, 0.717) is 30.7 Å². The van der Waals surface area contributed by atoms with Gasteiger partial charge in [-0.15, -0.1) is 0 Å². The lowest BCUT2D eigenvalue weighted by molar-refractivity contribution is -0.135.